The number of carbonyl (C=O) groups is 1. The SMILES string of the molecule is Cc1ccc2sc(C(C)NC(=O)[C@H]3C[C@@H]3c3nc4ccccc4[nH]3)nc2c1. The number of hydrogen-bond acceptors (Lipinski definition) is 4. The summed E-state index contributed by atoms with van der Waals surface area (Å²) in [6.45, 7) is 4.07. The molecule has 27 heavy (non-hydrogen) atoms. The van der Waals surface area contributed by atoms with Crippen LogP contribution in [0.3, 0.4) is 0 Å². The van der Waals surface area contributed by atoms with E-state index in [0.29, 0.717) is 0 Å². The van der Waals surface area contributed by atoms with Crippen LogP contribution in [0, 0.1) is 12.8 Å². The number of aromatic amines is 1. The van der Waals surface area contributed by atoms with Crippen molar-refractivity contribution in [1.82, 2.24) is 20.3 Å². The standard InChI is InChI=1S/C21H20N4OS/c1-11-7-8-18-17(9-11)25-21(27-18)12(2)22-20(26)14-10-13(14)19-23-15-5-3-4-6-16(15)24-19/h3-9,12-14H,10H2,1-2H3,(H,22,26)(H,23,24)/t12?,13-,14-/m0/s1. The Bertz CT molecular complexity index is 1130. The lowest BCUT2D eigenvalue weighted by Crippen LogP contribution is -2.28. The fraction of sp³-hybridized carbons (Fsp3) is 0.286. The summed E-state index contributed by atoms with van der Waals surface area (Å²) in [5, 5.41) is 4.08. The summed E-state index contributed by atoms with van der Waals surface area (Å²) in [4.78, 5) is 25.4. The molecule has 4 aromatic rings. The minimum atomic E-state index is -0.0906. The van der Waals surface area contributed by atoms with Crippen molar-refractivity contribution >= 4 is 38.5 Å². The Balaban J connectivity index is 1.28. The number of nitrogens with one attached hydrogen (secondary N) is 2. The lowest BCUT2D eigenvalue weighted by atomic mass is 10.2. The molecule has 1 unspecified atom stereocenters. The van der Waals surface area contributed by atoms with E-state index in [2.05, 4.69) is 40.4 Å². The van der Waals surface area contributed by atoms with Gasteiger partial charge in [0.25, 0.3) is 0 Å². The van der Waals surface area contributed by atoms with Gasteiger partial charge in [0.1, 0.15) is 10.8 Å². The first-order chi connectivity index (χ1) is 13.1. The third kappa shape index (κ3) is 3.00. The van der Waals surface area contributed by atoms with Gasteiger partial charge in [-0.25, -0.2) is 9.97 Å². The first-order valence-electron chi connectivity index (χ1n) is 9.20. The number of aryl methyl sites for hydroxylation is 1. The monoisotopic (exact) mass is 376 g/mol. The molecular formula is C21H20N4OS. The average molecular weight is 376 g/mol. The number of hydrogen-bond donors (Lipinski definition) is 2. The molecule has 3 atom stereocenters. The maximum atomic E-state index is 12.7. The van der Waals surface area contributed by atoms with Crippen molar-refractivity contribution < 1.29 is 4.79 Å². The normalized spacial score (nSPS) is 20.1. The second kappa shape index (κ2) is 6.16. The van der Waals surface area contributed by atoms with Crippen molar-refractivity contribution in [3.8, 4) is 0 Å². The Kier molecular flexibility index (Phi) is 3.75. The average Bonchev–Trinajstić information content (AvgIpc) is 3.16. The van der Waals surface area contributed by atoms with Crippen molar-refractivity contribution in [2.24, 2.45) is 5.92 Å². The summed E-state index contributed by atoms with van der Waals surface area (Å²) in [6.07, 6.45) is 0.845. The highest BCUT2D eigenvalue weighted by atomic mass is 32.1. The Labute approximate surface area is 160 Å². The summed E-state index contributed by atoms with van der Waals surface area (Å²) in [5.74, 6) is 1.18. The van der Waals surface area contributed by atoms with E-state index in [-0.39, 0.29) is 23.8 Å². The zero-order valence-electron chi connectivity index (χ0n) is 15.2. The van der Waals surface area contributed by atoms with Crippen molar-refractivity contribution in [1.29, 1.82) is 0 Å². The summed E-state index contributed by atoms with van der Waals surface area (Å²) in [7, 11) is 0. The molecule has 6 heteroatoms. The molecule has 0 aliphatic heterocycles. The molecule has 0 saturated heterocycles. The smallest absolute Gasteiger partial charge is 0.224 e. The van der Waals surface area contributed by atoms with Crippen LogP contribution in [-0.4, -0.2) is 20.9 Å². The van der Waals surface area contributed by atoms with E-state index in [0.717, 1.165) is 38.5 Å². The Hall–Kier alpha value is -2.73. The first kappa shape index (κ1) is 16.4. The van der Waals surface area contributed by atoms with E-state index < -0.39 is 0 Å². The zero-order chi connectivity index (χ0) is 18.5. The highest BCUT2D eigenvalue weighted by Crippen LogP contribution is 2.47. The van der Waals surface area contributed by atoms with Crippen molar-refractivity contribution in [3.63, 3.8) is 0 Å². The van der Waals surface area contributed by atoms with Crippen LogP contribution in [-0.2, 0) is 4.79 Å². The number of rotatable bonds is 4. The highest BCUT2D eigenvalue weighted by Gasteiger charge is 2.46. The topological polar surface area (TPSA) is 70.7 Å². The number of benzene rings is 2. The molecule has 0 radical (unpaired) electrons. The zero-order valence-corrected chi connectivity index (χ0v) is 16.0. The summed E-state index contributed by atoms with van der Waals surface area (Å²) >= 11 is 1.64. The quantitative estimate of drug-likeness (QED) is 0.552. The van der Waals surface area contributed by atoms with E-state index in [1.807, 2.05) is 31.2 Å². The number of amides is 1. The number of aromatic nitrogens is 3. The third-order valence-corrected chi connectivity index (χ3v) is 6.39. The van der Waals surface area contributed by atoms with E-state index in [4.69, 9.17) is 4.98 Å². The molecule has 1 amide bonds. The number of fused-ring (bicyclic) bond motifs is 2. The molecule has 136 valence electrons. The molecule has 0 bridgehead atoms. The molecule has 2 aromatic heterocycles. The number of imidazole rings is 1. The van der Waals surface area contributed by atoms with E-state index >= 15 is 0 Å². The second-order valence-corrected chi connectivity index (χ2v) is 8.40. The summed E-state index contributed by atoms with van der Waals surface area (Å²) < 4.78 is 1.16. The highest BCUT2D eigenvalue weighted by molar-refractivity contribution is 7.18. The minimum absolute atomic E-state index is 0.00960. The lowest BCUT2D eigenvalue weighted by Gasteiger charge is -2.10. The van der Waals surface area contributed by atoms with E-state index in [9.17, 15) is 4.79 Å². The van der Waals surface area contributed by atoms with E-state index in [1.54, 1.807) is 11.3 Å². The van der Waals surface area contributed by atoms with Crippen LogP contribution in [0.15, 0.2) is 42.5 Å². The van der Waals surface area contributed by atoms with Gasteiger partial charge in [0.2, 0.25) is 5.91 Å². The van der Waals surface area contributed by atoms with Crippen molar-refractivity contribution in [2.45, 2.75) is 32.2 Å². The van der Waals surface area contributed by atoms with Crippen LogP contribution in [0.4, 0.5) is 0 Å². The second-order valence-electron chi connectivity index (χ2n) is 7.34. The fourth-order valence-corrected chi connectivity index (χ4v) is 4.51. The van der Waals surface area contributed by atoms with Crippen LogP contribution in [0.5, 0.6) is 0 Å². The molecule has 1 aliphatic carbocycles. The molecule has 5 nitrogen and oxygen atoms in total. The number of thiazole rings is 1. The lowest BCUT2D eigenvalue weighted by molar-refractivity contribution is -0.123. The van der Waals surface area contributed by atoms with Gasteiger partial charge in [0.15, 0.2) is 0 Å². The number of H-pyrrole nitrogens is 1. The van der Waals surface area contributed by atoms with Gasteiger partial charge in [-0.2, -0.15) is 0 Å². The Morgan fingerprint density at radius 3 is 2.93 bits per heavy atom. The summed E-state index contributed by atoms with van der Waals surface area (Å²) in [6, 6.07) is 14.2. The van der Waals surface area contributed by atoms with Crippen LogP contribution in [0.25, 0.3) is 21.3 Å². The molecule has 0 spiro atoms. The maximum Gasteiger partial charge on any atom is 0.224 e. The molecule has 5 rings (SSSR count). The van der Waals surface area contributed by atoms with Crippen molar-refractivity contribution in [2.75, 3.05) is 0 Å². The van der Waals surface area contributed by atoms with Gasteiger partial charge < -0.3 is 10.3 Å². The number of para-hydroxylation sites is 2. The van der Waals surface area contributed by atoms with Crippen LogP contribution in [0.1, 0.15) is 41.7 Å². The fourth-order valence-electron chi connectivity index (χ4n) is 3.56. The Morgan fingerprint density at radius 2 is 2.07 bits per heavy atom. The predicted octanol–water partition coefficient (Wildman–Crippen LogP) is 4.46. The largest absolute Gasteiger partial charge is 0.347 e. The van der Waals surface area contributed by atoms with Gasteiger partial charge in [0.05, 0.1) is 27.3 Å². The van der Waals surface area contributed by atoms with Gasteiger partial charge >= 0.3 is 0 Å². The van der Waals surface area contributed by atoms with Gasteiger partial charge in [-0.1, -0.05) is 18.2 Å². The molecular weight excluding hydrogens is 356 g/mol. The van der Waals surface area contributed by atoms with Gasteiger partial charge in [-0.05, 0) is 50.1 Å². The van der Waals surface area contributed by atoms with Gasteiger partial charge in [-0.3, -0.25) is 4.79 Å². The molecule has 2 N–H and O–H groups in total. The van der Waals surface area contributed by atoms with Crippen LogP contribution < -0.4 is 5.32 Å². The maximum absolute atomic E-state index is 12.7. The molecule has 1 aliphatic rings. The Morgan fingerprint density at radius 1 is 1.22 bits per heavy atom. The molecule has 1 fully saturated rings. The molecule has 1 saturated carbocycles. The van der Waals surface area contributed by atoms with E-state index in [1.165, 1.54) is 5.56 Å². The number of nitrogens with zero attached hydrogens (tertiary/aromatic N) is 2. The van der Waals surface area contributed by atoms with Gasteiger partial charge in [0, 0.05) is 11.8 Å². The number of carbonyl (C=O) groups excluding carboxylic acids is 1. The third-order valence-electron chi connectivity index (χ3n) is 5.17. The first-order valence-corrected chi connectivity index (χ1v) is 10.0. The predicted molar refractivity (Wildman–Crippen MR) is 108 cm³/mol. The van der Waals surface area contributed by atoms with Gasteiger partial charge in [-0.15, -0.1) is 11.3 Å². The molecule has 2 heterocycles. The van der Waals surface area contributed by atoms with Crippen molar-refractivity contribution in [3.05, 3.63) is 58.9 Å². The van der Waals surface area contributed by atoms with Crippen LogP contribution >= 0.6 is 11.3 Å². The molecule has 2 aromatic carbocycles. The van der Waals surface area contributed by atoms with Crippen LogP contribution in [0.2, 0.25) is 0 Å². The minimum Gasteiger partial charge on any atom is -0.347 e. The summed E-state index contributed by atoms with van der Waals surface area (Å²) in [5.41, 5.74) is 4.18.